The first kappa shape index (κ1) is 37.1. The molecule has 0 radical (unpaired) electrons. The summed E-state index contributed by atoms with van der Waals surface area (Å²) in [6.45, 7) is 4.94. The van der Waals surface area contributed by atoms with E-state index in [-0.39, 0.29) is 18.8 Å². The number of nitrogens with one attached hydrogen (secondary N) is 2. The molecule has 1 aromatic carbocycles. The number of carbonyl (C=O) groups excluding carboxylic acids is 3. The molecule has 5 atom stereocenters. The first-order valence-corrected chi connectivity index (χ1v) is 15.9. The number of aliphatic hydroxyl groups excluding tert-OH is 2. The fraction of sp³-hybridized carbons (Fsp3) is 0.676. The van der Waals surface area contributed by atoms with Crippen molar-refractivity contribution in [2.24, 2.45) is 11.8 Å². The van der Waals surface area contributed by atoms with Gasteiger partial charge in [-0.05, 0) is 44.3 Å². The summed E-state index contributed by atoms with van der Waals surface area (Å²) >= 11 is 0. The highest BCUT2D eigenvalue weighted by Gasteiger charge is 2.34. The van der Waals surface area contributed by atoms with Crippen molar-refractivity contribution in [3.8, 4) is 12.3 Å². The lowest BCUT2D eigenvalue weighted by atomic mass is 9.82. The number of benzene rings is 1. The van der Waals surface area contributed by atoms with Crippen LogP contribution < -0.4 is 10.6 Å². The molecule has 4 N–H and O–H groups in total. The van der Waals surface area contributed by atoms with Gasteiger partial charge in [0.2, 0.25) is 5.91 Å². The summed E-state index contributed by atoms with van der Waals surface area (Å²) in [6, 6.07) is 7.33. The molecule has 0 bridgehead atoms. The Balaban J connectivity index is 2.21. The molecule has 2 rings (SSSR count). The van der Waals surface area contributed by atoms with Crippen LogP contribution in [0.15, 0.2) is 30.3 Å². The van der Waals surface area contributed by atoms with Crippen molar-refractivity contribution in [2.45, 2.75) is 102 Å². The normalized spacial score (nSPS) is 17.2. The van der Waals surface area contributed by atoms with Gasteiger partial charge in [-0.25, -0.2) is 4.79 Å². The van der Waals surface area contributed by atoms with E-state index in [1.54, 1.807) is 7.05 Å². The molecule has 1 aliphatic rings. The van der Waals surface area contributed by atoms with Crippen molar-refractivity contribution < 1.29 is 29.3 Å². The molecular weight excluding hydrogens is 560 g/mol. The molecule has 0 aromatic heterocycles. The van der Waals surface area contributed by atoms with E-state index in [1.165, 1.54) is 11.3 Å². The van der Waals surface area contributed by atoms with E-state index in [9.17, 15) is 24.6 Å². The van der Waals surface area contributed by atoms with Crippen LogP contribution in [0.4, 0.5) is 4.79 Å². The second kappa shape index (κ2) is 19.3. The average molecular weight is 615 g/mol. The van der Waals surface area contributed by atoms with Gasteiger partial charge in [0.1, 0.15) is 12.1 Å². The van der Waals surface area contributed by atoms with Crippen molar-refractivity contribution in [1.29, 1.82) is 0 Å². The van der Waals surface area contributed by atoms with Gasteiger partial charge in [0.05, 0.1) is 12.1 Å². The molecule has 0 aliphatic heterocycles. The van der Waals surface area contributed by atoms with Gasteiger partial charge in [-0.1, -0.05) is 76.3 Å². The lowest BCUT2D eigenvalue weighted by molar-refractivity contribution is -0.135. The summed E-state index contributed by atoms with van der Waals surface area (Å²) in [4.78, 5) is 43.4. The number of amides is 3. The molecule has 10 heteroatoms. The van der Waals surface area contributed by atoms with Gasteiger partial charge in [0.15, 0.2) is 6.10 Å². The number of rotatable bonds is 17. The van der Waals surface area contributed by atoms with Crippen LogP contribution in [0.5, 0.6) is 0 Å². The van der Waals surface area contributed by atoms with Gasteiger partial charge < -0.3 is 35.4 Å². The highest BCUT2D eigenvalue weighted by atomic mass is 16.6. The van der Waals surface area contributed by atoms with E-state index >= 15 is 0 Å². The minimum absolute atomic E-state index is 0.104. The van der Waals surface area contributed by atoms with Gasteiger partial charge in [-0.2, -0.15) is 0 Å². The molecule has 1 aromatic rings. The van der Waals surface area contributed by atoms with E-state index in [0.717, 1.165) is 31.2 Å². The number of hydrogen-bond acceptors (Lipinski definition) is 7. The zero-order chi connectivity index (χ0) is 32.6. The number of ether oxygens (including phenoxy) is 1. The Labute approximate surface area is 263 Å². The number of hydrogen-bond donors (Lipinski definition) is 4. The lowest BCUT2D eigenvalue weighted by Crippen LogP contribution is -2.56. The first-order chi connectivity index (χ1) is 20.9. The summed E-state index contributed by atoms with van der Waals surface area (Å²) in [5.41, 5.74) is 0.782. The van der Waals surface area contributed by atoms with Crippen LogP contribution in [0.25, 0.3) is 0 Å². The second-order valence-corrected chi connectivity index (χ2v) is 12.8. The van der Waals surface area contributed by atoms with Gasteiger partial charge >= 0.3 is 6.09 Å². The summed E-state index contributed by atoms with van der Waals surface area (Å²) in [5.74, 6) is 1.72. The SMILES string of the molecule is C#CCC(NC(=O)[C@H](Cc1ccccc1)OC(=O)N(C)CCN(C)C)C(=O)N[C@@H](CC1CCCCC1)[C@@H](O)[C@@H](O)CC(C)C. The molecule has 1 saturated carbocycles. The van der Waals surface area contributed by atoms with E-state index in [0.29, 0.717) is 31.8 Å². The third kappa shape index (κ3) is 13.2. The largest absolute Gasteiger partial charge is 0.436 e. The minimum atomic E-state index is -1.21. The van der Waals surface area contributed by atoms with Crippen molar-refractivity contribution >= 4 is 17.9 Å². The average Bonchev–Trinajstić information content (AvgIpc) is 2.99. The Bertz CT molecular complexity index is 1050. The first-order valence-electron chi connectivity index (χ1n) is 15.9. The van der Waals surface area contributed by atoms with Crippen LogP contribution >= 0.6 is 0 Å². The molecule has 1 aliphatic carbocycles. The number of nitrogens with zero attached hydrogens (tertiary/aromatic N) is 2. The molecule has 0 saturated heterocycles. The van der Waals surface area contributed by atoms with E-state index in [2.05, 4.69) is 16.6 Å². The molecule has 44 heavy (non-hydrogen) atoms. The number of terminal acetylenes is 1. The quantitative estimate of drug-likeness (QED) is 0.199. The minimum Gasteiger partial charge on any atom is -0.436 e. The Morgan fingerprint density at radius 2 is 1.66 bits per heavy atom. The second-order valence-electron chi connectivity index (χ2n) is 12.8. The predicted octanol–water partition coefficient (Wildman–Crippen LogP) is 2.96. The Kier molecular flexibility index (Phi) is 16.3. The molecule has 0 heterocycles. The number of likely N-dealkylation sites (N-methyl/N-ethyl adjacent to an activating group) is 2. The zero-order valence-corrected chi connectivity index (χ0v) is 27.2. The third-order valence-electron chi connectivity index (χ3n) is 8.11. The van der Waals surface area contributed by atoms with Crippen molar-refractivity contribution in [3.05, 3.63) is 35.9 Å². The van der Waals surface area contributed by atoms with Crippen LogP contribution in [0.3, 0.4) is 0 Å². The van der Waals surface area contributed by atoms with Crippen LogP contribution in [0.2, 0.25) is 0 Å². The van der Waals surface area contributed by atoms with Gasteiger partial charge in [-0.3, -0.25) is 9.59 Å². The molecule has 1 unspecified atom stereocenters. The van der Waals surface area contributed by atoms with Crippen molar-refractivity contribution in [1.82, 2.24) is 20.4 Å². The monoisotopic (exact) mass is 614 g/mol. The maximum atomic E-state index is 13.6. The van der Waals surface area contributed by atoms with E-state index in [4.69, 9.17) is 11.2 Å². The van der Waals surface area contributed by atoms with E-state index < -0.39 is 48.3 Å². The smallest absolute Gasteiger partial charge is 0.410 e. The Hall–Kier alpha value is -3.13. The van der Waals surface area contributed by atoms with Gasteiger partial charge in [0, 0.05) is 33.0 Å². The Morgan fingerprint density at radius 1 is 1.00 bits per heavy atom. The highest BCUT2D eigenvalue weighted by molar-refractivity contribution is 5.90. The van der Waals surface area contributed by atoms with Crippen LogP contribution in [0, 0.1) is 24.2 Å². The third-order valence-corrected chi connectivity index (χ3v) is 8.11. The fourth-order valence-corrected chi connectivity index (χ4v) is 5.50. The molecular formula is C34H54N4O6. The van der Waals surface area contributed by atoms with Gasteiger partial charge in [-0.15, -0.1) is 12.3 Å². The summed E-state index contributed by atoms with van der Waals surface area (Å²) in [6.07, 6.45) is 7.81. The molecule has 3 amide bonds. The molecule has 10 nitrogen and oxygen atoms in total. The maximum absolute atomic E-state index is 13.6. The number of aliphatic hydroxyl groups is 2. The summed E-state index contributed by atoms with van der Waals surface area (Å²) in [5, 5.41) is 27.5. The summed E-state index contributed by atoms with van der Waals surface area (Å²) in [7, 11) is 5.39. The van der Waals surface area contributed by atoms with Crippen molar-refractivity contribution in [2.75, 3.05) is 34.2 Å². The topological polar surface area (TPSA) is 131 Å². The Morgan fingerprint density at radius 3 is 2.25 bits per heavy atom. The molecule has 0 spiro atoms. The molecule has 246 valence electrons. The predicted molar refractivity (Wildman–Crippen MR) is 172 cm³/mol. The standard InChI is InChI=1S/C34H54N4O6/c1-7-14-27(32(41)36-28(22-25-15-10-8-11-16-25)31(40)29(39)21-24(2)3)35-33(42)30(23-26-17-12-9-13-18-26)44-34(43)38(6)20-19-37(4)5/h1,9,12-13,17-18,24-25,27-31,39-40H,8,10-11,14-16,19-23H2,2-6H3,(H,35,42)(H,36,41)/t27?,28-,29-,30-,31+/m0/s1. The lowest BCUT2D eigenvalue weighted by Gasteiger charge is -2.33. The van der Waals surface area contributed by atoms with E-state index in [1.807, 2.05) is 63.2 Å². The zero-order valence-electron chi connectivity index (χ0n) is 27.2. The summed E-state index contributed by atoms with van der Waals surface area (Å²) < 4.78 is 5.66. The number of carbonyl (C=O) groups is 3. The van der Waals surface area contributed by atoms with Crippen LogP contribution in [-0.4, -0.2) is 103 Å². The van der Waals surface area contributed by atoms with Crippen LogP contribution in [0.1, 0.15) is 70.8 Å². The fourth-order valence-electron chi connectivity index (χ4n) is 5.50. The molecule has 1 fully saturated rings. The highest BCUT2D eigenvalue weighted by Crippen LogP contribution is 2.29. The maximum Gasteiger partial charge on any atom is 0.410 e. The van der Waals surface area contributed by atoms with Gasteiger partial charge in [0.25, 0.3) is 5.91 Å². The van der Waals surface area contributed by atoms with Crippen molar-refractivity contribution in [3.63, 3.8) is 0 Å². The van der Waals surface area contributed by atoms with Crippen LogP contribution in [-0.2, 0) is 20.7 Å².